The van der Waals surface area contributed by atoms with Gasteiger partial charge < -0.3 is 15.0 Å². The van der Waals surface area contributed by atoms with Gasteiger partial charge in [0.05, 0.1) is 23.0 Å². The molecule has 4 rings (SSSR count). The first-order valence-corrected chi connectivity index (χ1v) is 10.2. The van der Waals surface area contributed by atoms with Crippen LogP contribution in [0.5, 0.6) is 5.75 Å². The van der Waals surface area contributed by atoms with Crippen LogP contribution in [0.1, 0.15) is 32.1 Å². The Hall–Kier alpha value is -2.52. The lowest BCUT2D eigenvalue weighted by molar-refractivity contribution is 0.156. The van der Waals surface area contributed by atoms with Crippen molar-refractivity contribution in [3.8, 4) is 5.75 Å². The van der Waals surface area contributed by atoms with Crippen LogP contribution in [0.2, 0.25) is 0 Å². The van der Waals surface area contributed by atoms with Crippen LogP contribution in [0.3, 0.4) is 0 Å². The second-order valence-corrected chi connectivity index (χ2v) is 7.87. The van der Waals surface area contributed by atoms with E-state index in [9.17, 15) is 4.21 Å². The summed E-state index contributed by atoms with van der Waals surface area (Å²) < 4.78 is 21.2. The van der Waals surface area contributed by atoms with E-state index < -0.39 is 11.0 Å². The number of aromatic nitrogens is 4. The maximum atomic E-state index is 12.2. The molecule has 0 bridgehead atoms. The number of hydrogen-bond donors (Lipinski definition) is 3. The van der Waals surface area contributed by atoms with Gasteiger partial charge in [-0.1, -0.05) is 6.42 Å². The largest absolute Gasteiger partial charge is 0.488 e. The lowest BCUT2D eigenvalue weighted by Gasteiger charge is -2.24. The highest BCUT2D eigenvalue weighted by Gasteiger charge is 2.18. The zero-order chi connectivity index (χ0) is 18.6. The highest BCUT2D eigenvalue weighted by molar-refractivity contribution is 7.83. The molecule has 2 heterocycles. The molecule has 3 N–H and O–H groups in total. The maximum Gasteiger partial charge on any atom is 0.182 e. The number of hydrogen-bond acceptors (Lipinski definition) is 6. The second-order valence-electron chi connectivity index (χ2n) is 6.46. The number of nitrogens with one attached hydrogen (secondary N) is 3. The lowest BCUT2D eigenvalue weighted by Crippen LogP contribution is -2.20. The van der Waals surface area contributed by atoms with Crippen molar-refractivity contribution in [2.45, 2.75) is 43.1 Å². The summed E-state index contributed by atoms with van der Waals surface area (Å²) in [6.45, 7) is 0. The fraction of sp³-hybridized carbons (Fsp3) is 0.389. The summed E-state index contributed by atoms with van der Waals surface area (Å²) >= 11 is 0. The molecule has 8 nitrogen and oxygen atoms in total. The van der Waals surface area contributed by atoms with Gasteiger partial charge in [0.25, 0.3) is 0 Å². The average Bonchev–Trinajstić information content (AvgIpc) is 3.19. The van der Waals surface area contributed by atoms with E-state index in [1.54, 1.807) is 13.4 Å². The summed E-state index contributed by atoms with van der Waals surface area (Å²) in [6, 6.07) is 5.52. The molecule has 0 saturated heterocycles. The van der Waals surface area contributed by atoms with E-state index in [-0.39, 0.29) is 6.10 Å². The molecule has 0 spiro atoms. The molecule has 2 aromatic heterocycles. The van der Waals surface area contributed by atoms with Gasteiger partial charge >= 0.3 is 0 Å². The van der Waals surface area contributed by atoms with Gasteiger partial charge in [-0.2, -0.15) is 0 Å². The fourth-order valence-electron chi connectivity index (χ4n) is 3.29. The Balaban J connectivity index is 1.68. The molecule has 1 unspecified atom stereocenters. The van der Waals surface area contributed by atoms with Crippen LogP contribution in [0, 0.1) is 0 Å². The Bertz CT molecular complexity index is 954. The first kappa shape index (κ1) is 17.9. The highest BCUT2D eigenvalue weighted by atomic mass is 32.2. The van der Waals surface area contributed by atoms with Crippen molar-refractivity contribution in [1.82, 2.24) is 24.7 Å². The van der Waals surface area contributed by atoms with Gasteiger partial charge in [0, 0.05) is 0 Å². The number of ether oxygens (including phenoxy) is 1. The smallest absolute Gasteiger partial charge is 0.182 e. The van der Waals surface area contributed by atoms with Crippen LogP contribution in [0.4, 0.5) is 11.5 Å². The molecule has 1 saturated carbocycles. The van der Waals surface area contributed by atoms with Gasteiger partial charge in [-0.05, 0) is 50.9 Å². The number of benzene rings is 1. The van der Waals surface area contributed by atoms with E-state index in [2.05, 4.69) is 30.0 Å². The van der Waals surface area contributed by atoms with E-state index in [1.807, 2.05) is 18.2 Å². The topological polar surface area (TPSA) is 105 Å². The standard InChI is InChI=1S/C18H22N6O2S/c1-19-27(25)13-7-8-15(26-12-5-3-2-4-6-12)14(9-13)24-18-16-17(21-10-20-16)22-11-23-18/h7-12,19H,2-6H2,1H3,(H2,20,21,22,23,24). The van der Waals surface area contributed by atoms with Crippen LogP contribution in [-0.4, -0.2) is 37.3 Å². The predicted octanol–water partition coefficient (Wildman–Crippen LogP) is 3.05. The molecule has 1 fully saturated rings. The molecule has 0 radical (unpaired) electrons. The minimum atomic E-state index is -1.29. The van der Waals surface area contributed by atoms with Crippen molar-refractivity contribution in [2.24, 2.45) is 0 Å². The maximum absolute atomic E-state index is 12.2. The van der Waals surface area contributed by atoms with Crippen molar-refractivity contribution in [3.63, 3.8) is 0 Å². The SMILES string of the molecule is CNS(=O)c1ccc(OC2CCCCC2)c(Nc2ncnc3nc[nH]c23)c1. The summed E-state index contributed by atoms with van der Waals surface area (Å²) in [5, 5.41) is 3.30. The van der Waals surface area contributed by atoms with E-state index in [4.69, 9.17) is 4.74 Å². The molecule has 1 atom stereocenters. The summed E-state index contributed by atoms with van der Waals surface area (Å²) in [6.07, 6.45) is 9.01. The predicted molar refractivity (Wildman–Crippen MR) is 104 cm³/mol. The Morgan fingerprint density at radius 1 is 1.19 bits per heavy atom. The monoisotopic (exact) mass is 386 g/mol. The van der Waals surface area contributed by atoms with Crippen LogP contribution < -0.4 is 14.8 Å². The van der Waals surface area contributed by atoms with Gasteiger partial charge in [-0.3, -0.25) is 0 Å². The Labute approximate surface area is 159 Å². The first-order valence-electron chi connectivity index (χ1n) is 9.05. The van der Waals surface area contributed by atoms with Gasteiger partial charge in [-0.15, -0.1) is 0 Å². The second kappa shape index (κ2) is 8.01. The zero-order valence-electron chi connectivity index (χ0n) is 15.1. The van der Waals surface area contributed by atoms with Crippen LogP contribution in [0.15, 0.2) is 35.7 Å². The first-order chi connectivity index (χ1) is 13.2. The Kier molecular flexibility index (Phi) is 5.30. The molecule has 0 aliphatic heterocycles. The third-order valence-electron chi connectivity index (χ3n) is 4.67. The summed E-state index contributed by atoms with van der Waals surface area (Å²) in [5.41, 5.74) is 2.01. The Morgan fingerprint density at radius 2 is 2.04 bits per heavy atom. The third-order valence-corrected chi connectivity index (χ3v) is 5.73. The molecule has 27 heavy (non-hydrogen) atoms. The molecule has 1 aliphatic rings. The number of rotatable bonds is 6. The highest BCUT2D eigenvalue weighted by Crippen LogP contribution is 2.33. The van der Waals surface area contributed by atoms with Gasteiger partial charge in [0.2, 0.25) is 0 Å². The summed E-state index contributed by atoms with van der Waals surface area (Å²) in [5.74, 6) is 1.32. The van der Waals surface area contributed by atoms with Crippen molar-refractivity contribution < 1.29 is 8.95 Å². The number of H-pyrrole nitrogens is 1. The summed E-state index contributed by atoms with van der Waals surface area (Å²) in [7, 11) is 0.369. The minimum absolute atomic E-state index is 0.206. The zero-order valence-corrected chi connectivity index (χ0v) is 15.9. The van der Waals surface area contributed by atoms with E-state index in [1.165, 1.54) is 25.6 Å². The quantitative estimate of drug-likeness (QED) is 0.601. The number of anilines is 2. The van der Waals surface area contributed by atoms with E-state index in [0.717, 1.165) is 24.3 Å². The molecule has 3 aromatic rings. The number of fused-ring (bicyclic) bond motifs is 1. The Morgan fingerprint density at radius 3 is 2.85 bits per heavy atom. The van der Waals surface area contributed by atoms with Gasteiger partial charge in [-0.25, -0.2) is 23.9 Å². The molecule has 142 valence electrons. The van der Waals surface area contributed by atoms with Crippen molar-refractivity contribution in [2.75, 3.05) is 12.4 Å². The van der Waals surface area contributed by atoms with Crippen molar-refractivity contribution in [3.05, 3.63) is 30.9 Å². The van der Waals surface area contributed by atoms with Gasteiger partial charge in [0.15, 0.2) is 11.5 Å². The van der Waals surface area contributed by atoms with Crippen LogP contribution in [-0.2, 0) is 11.0 Å². The molecule has 9 heteroatoms. The molecule has 1 aliphatic carbocycles. The molecule has 0 amide bonds. The molecular formula is C18H22N6O2S. The normalized spacial score (nSPS) is 16.3. The molecular weight excluding hydrogens is 364 g/mol. The van der Waals surface area contributed by atoms with Crippen LogP contribution >= 0.6 is 0 Å². The number of aromatic amines is 1. The van der Waals surface area contributed by atoms with Crippen molar-refractivity contribution in [1.29, 1.82) is 0 Å². The third kappa shape index (κ3) is 3.93. The summed E-state index contributed by atoms with van der Waals surface area (Å²) in [4.78, 5) is 16.3. The minimum Gasteiger partial charge on any atom is -0.488 e. The van der Waals surface area contributed by atoms with Crippen LogP contribution in [0.25, 0.3) is 11.2 Å². The number of nitrogens with zero attached hydrogens (tertiary/aromatic N) is 3. The average molecular weight is 386 g/mol. The molecule has 1 aromatic carbocycles. The van der Waals surface area contributed by atoms with Gasteiger partial charge in [0.1, 0.15) is 28.6 Å². The fourth-order valence-corrected chi connectivity index (χ4v) is 3.94. The lowest BCUT2D eigenvalue weighted by atomic mass is 9.98. The van der Waals surface area contributed by atoms with Crippen molar-refractivity contribution >= 4 is 33.7 Å². The van der Waals surface area contributed by atoms with E-state index >= 15 is 0 Å². The number of imidazole rings is 1. The van der Waals surface area contributed by atoms with E-state index in [0.29, 0.717) is 21.9 Å².